The molecule has 2 N–H and O–H groups in total. The number of nitrogens with two attached hydrogens (primary N) is 1. The van der Waals surface area contributed by atoms with Gasteiger partial charge in [-0.2, -0.15) is 0 Å². The molecule has 0 heterocycles. The lowest BCUT2D eigenvalue weighted by Crippen LogP contribution is -2.19. The van der Waals surface area contributed by atoms with Gasteiger partial charge in [0.15, 0.2) is 0 Å². The first-order valence-corrected chi connectivity index (χ1v) is 10.4. The largest absolute Gasteiger partial charge is 0.462 e. The molecule has 0 aromatic carbocycles. The van der Waals surface area contributed by atoms with Crippen LogP contribution in [0.3, 0.4) is 0 Å². The summed E-state index contributed by atoms with van der Waals surface area (Å²) in [5.41, 5.74) is 5.11. The fourth-order valence-corrected chi connectivity index (χ4v) is 2.51. The first kappa shape index (κ1) is 25.3. The molecule has 26 heavy (non-hydrogen) atoms. The number of hydrogen-bond acceptors (Lipinski definition) is 6. The second kappa shape index (κ2) is 22.4. The van der Waals surface area contributed by atoms with Crippen LogP contribution in [0.1, 0.15) is 71.1 Å². The zero-order valence-electron chi connectivity index (χ0n) is 16.8. The summed E-state index contributed by atoms with van der Waals surface area (Å²) >= 11 is 0. The Kier molecular flexibility index (Phi) is 21.8. The lowest BCUT2D eigenvalue weighted by molar-refractivity contribution is -0.143. The van der Waals surface area contributed by atoms with Crippen molar-refractivity contribution in [2.24, 2.45) is 5.73 Å². The maximum absolute atomic E-state index is 10.8. The highest BCUT2D eigenvalue weighted by Crippen LogP contribution is 2.10. The monoisotopic (exact) mass is 375 g/mol. The summed E-state index contributed by atoms with van der Waals surface area (Å²) in [5, 5.41) is 0. The standard InChI is InChI=1S/C20H41NO5/c1-2-3-4-5-6-7-8-9-10-11-12-23-13-14-24-15-16-25-17-18-26-20(22)19-21/h2-19,21H2,1H3. The van der Waals surface area contributed by atoms with Crippen LogP contribution in [0.25, 0.3) is 0 Å². The summed E-state index contributed by atoms with van der Waals surface area (Å²) in [7, 11) is 0. The third kappa shape index (κ3) is 21.4. The van der Waals surface area contributed by atoms with E-state index in [0.717, 1.165) is 13.0 Å². The van der Waals surface area contributed by atoms with Gasteiger partial charge in [-0.05, 0) is 6.42 Å². The van der Waals surface area contributed by atoms with Gasteiger partial charge in [-0.25, -0.2) is 0 Å². The molecule has 0 fully saturated rings. The van der Waals surface area contributed by atoms with Crippen molar-refractivity contribution in [3.05, 3.63) is 0 Å². The summed E-state index contributed by atoms with van der Waals surface area (Å²) in [6.07, 6.45) is 13.4. The lowest BCUT2D eigenvalue weighted by atomic mass is 10.1. The minimum absolute atomic E-state index is 0.0950. The number of unbranched alkanes of at least 4 members (excludes halogenated alkanes) is 9. The van der Waals surface area contributed by atoms with Gasteiger partial charge >= 0.3 is 5.97 Å². The zero-order chi connectivity index (χ0) is 19.1. The highest BCUT2D eigenvalue weighted by atomic mass is 16.6. The quantitative estimate of drug-likeness (QED) is 0.244. The van der Waals surface area contributed by atoms with Gasteiger partial charge in [0.25, 0.3) is 0 Å². The van der Waals surface area contributed by atoms with E-state index in [-0.39, 0.29) is 13.2 Å². The summed E-state index contributed by atoms with van der Waals surface area (Å²) < 4.78 is 21.0. The van der Waals surface area contributed by atoms with Gasteiger partial charge in [-0.15, -0.1) is 0 Å². The second-order valence-corrected chi connectivity index (χ2v) is 6.44. The molecule has 0 saturated carbocycles. The Balaban J connectivity index is 3.00. The number of rotatable bonds is 21. The maximum atomic E-state index is 10.8. The predicted octanol–water partition coefficient (Wildman–Crippen LogP) is 3.46. The normalized spacial score (nSPS) is 11.0. The van der Waals surface area contributed by atoms with Gasteiger partial charge in [-0.1, -0.05) is 64.7 Å². The van der Waals surface area contributed by atoms with E-state index in [1.54, 1.807) is 0 Å². The van der Waals surface area contributed by atoms with Crippen LogP contribution in [0.4, 0.5) is 0 Å². The molecule has 6 heteroatoms. The summed E-state index contributed by atoms with van der Waals surface area (Å²) in [4.78, 5) is 10.8. The minimum Gasteiger partial charge on any atom is -0.462 e. The van der Waals surface area contributed by atoms with Crippen molar-refractivity contribution in [3.8, 4) is 0 Å². The Morgan fingerprint density at radius 1 is 0.615 bits per heavy atom. The highest BCUT2D eigenvalue weighted by molar-refractivity contribution is 5.71. The van der Waals surface area contributed by atoms with Crippen LogP contribution in [0.15, 0.2) is 0 Å². The Bertz CT molecular complexity index is 289. The van der Waals surface area contributed by atoms with Crippen molar-refractivity contribution in [2.45, 2.75) is 71.1 Å². The molecule has 0 saturated heterocycles. The highest BCUT2D eigenvalue weighted by Gasteiger charge is 1.98. The molecule has 6 nitrogen and oxygen atoms in total. The van der Waals surface area contributed by atoms with E-state index in [4.69, 9.17) is 24.7 Å². The topological polar surface area (TPSA) is 80.0 Å². The van der Waals surface area contributed by atoms with Crippen molar-refractivity contribution >= 4 is 5.97 Å². The van der Waals surface area contributed by atoms with Gasteiger partial charge in [-0.3, -0.25) is 4.79 Å². The maximum Gasteiger partial charge on any atom is 0.319 e. The van der Waals surface area contributed by atoms with Crippen LogP contribution in [0, 0.1) is 0 Å². The van der Waals surface area contributed by atoms with Crippen molar-refractivity contribution in [1.82, 2.24) is 0 Å². The van der Waals surface area contributed by atoms with E-state index < -0.39 is 5.97 Å². The minimum atomic E-state index is -0.413. The Hall–Kier alpha value is -0.690. The molecule has 0 aromatic heterocycles. The van der Waals surface area contributed by atoms with Gasteiger partial charge in [0.05, 0.1) is 39.6 Å². The van der Waals surface area contributed by atoms with E-state index in [9.17, 15) is 4.79 Å². The van der Waals surface area contributed by atoms with Crippen molar-refractivity contribution in [3.63, 3.8) is 0 Å². The first-order valence-electron chi connectivity index (χ1n) is 10.4. The SMILES string of the molecule is CCCCCCCCCCCCOCCOCCOCCOC(=O)CN. The smallest absolute Gasteiger partial charge is 0.319 e. The van der Waals surface area contributed by atoms with Gasteiger partial charge in [0, 0.05) is 6.61 Å². The predicted molar refractivity (Wildman–Crippen MR) is 104 cm³/mol. The van der Waals surface area contributed by atoms with E-state index in [0.29, 0.717) is 33.0 Å². The van der Waals surface area contributed by atoms with E-state index in [1.807, 2.05) is 0 Å². The number of hydrogen-bond donors (Lipinski definition) is 1. The summed E-state index contributed by atoms with van der Waals surface area (Å²) in [6, 6.07) is 0. The molecule has 0 radical (unpaired) electrons. The third-order valence-electron chi connectivity index (χ3n) is 4.04. The third-order valence-corrected chi connectivity index (χ3v) is 4.04. The molecule has 0 spiro atoms. The Morgan fingerprint density at radius 2 is 1.04 bits per heavy atom. The van der Waals surface area contributed by atoms with Gasteiger partial charge < -0.3 is 24.7 Å². The molecule has 0 atom stereocenters. The summed E-state index contributed by atoms with van der Waals surface area (Å²) in [5.74, 6) is -0.413. The fourth-order valence-electron chi connectivity index (χ4n) is 2.51. The first-order chi connectivity index (χ1) is 12.8. The molecule has 156 valence electrons. The Morgan fingerprint density at radius 3 is 1.54 bits per heavy atom. The molecule has 0 bridgehead atoms. The molecule has 0 unspecified atom stereocenters. The molecule has 0 aliphatic heterocycles. The van der Waals surface area contributed by atoms with Crippen LogP contribution in [-0.4, -0.2) is 58.8 Å². The average Bonchev–Trinajstić information content (AvgIpc) is 2.66. The van der Waals surface area contributed by atoms with E-state index in [1.165, 1.54) is 57.8 Å². The van der Waals surface area contributed by atoms with Gasteiger partial charge in [0.2, 0.25) is 0 Å². The molecule has 0 aliphatic carbocycles. The molecule has 0 amide bonds. The number of esters is 1. The molecule has 0 aliphatic rings. The number of carbonyl (C=O) groups is 1. The van der Waals surface area contributed by atoms with Gasteiger partial charge in [0.1, 0.15) is 6.61 Å². The Labute approximate surface area is 160 Å². The average molecular weight is 376 g/mol. The molecule has 0 rings (SSSR count). The molecular formula is C20H41NO5. The number of ether oxygens (including phenoxy) is 4. The lowest BCUT2D eigenvalue weighted by Gasteiger charge is -2.07. The second-order valence-electron chi connectivity index (χ2n) is 6.44. The van der Waals surface area contributed by atoms with Crippen LogP contribution in [-0.2, 0) is 23.7 Å². The van der Waals surface area contributed by atoms with Crippen molar-refractivity contribution in [1.29, 1.82) is 0 Å². The van der Waals surface area contributed by atoms with Crippen molar-refractivity contribution in [2.75, 3.05) is 52.8 Å². The van der Waals surface area contributed by atoms with E-state index >= 15 is 0 Å². The molecule has 0 aromatic rings. The van der Waals surface area contributed by atoms with Crippen LogP contribution >= 0.6 is 0 Å². The zero-order valence-corrected chi connectivity index (χ0v) is 16.8. The summed E-state index contributed by atoms with van der Waals surface area (Å²) in [6.45, 7) is 5.81. The molecular weight excluding hydrogens is 334 g/mol. The van der Waals surface area contributed by atoms with Crippen LogP contribution in [0.2, 0.25) is 0 Å². The fraction of sp³-hybridized carbons (Fsp3) is 0.950. The van der Waals surface area contributed by atoms with Crippen molar-refractivity contribution < 1.29 is 23.7 Å². The number of carbonyl (C=O) groups excluding carboxylic acids is 1. The van der Waals surface area contributed by atoms with E-state index in [2.05, 4.69) is 6.92 Å². The van der Waals surface area contributed by atoms with Crippen LogP contribution in [0.5, 0.6) is 0 Å². The van der Waals surface area contributed by atoms with Crippen LogP contribution < -0.4 is 5.73 Å².